The molecule has 0 aromatic rings. The molecular formula is C15H28ClNO. The van der Waals surface area contributed by atoms with Crippen LogP contribution in [0.4, 0.5) is 0 Å². The molecule has 2 rings (SSSR count). The third kappa shape index (κ3) is 4.40. The summed E-state index contributed by atoms with van der Waals surface area (Å²) >= 11 is 5.65. The van der Waals surface area contributed by atoms with Crippen molar-refractivity contribution in [2.45, 2.75) is 75.9 Å². The summed E-state index contributed by atoms with van der Waals surface area (Å²) in [5.74, 6) is 0.811. The van der Waals surface area contributed by atoms with Gasteiger partial charge in [-0.1, -0.05) is 25.7 Å². The summed E-state index contributed by atoms with van der Waals surface area (Å²) in [6.07, 6.45) is 13.4. The van der Waals surface area contributed by atoms with Crippen molar-refractivity contribution < 1.29 is 4.74 Å². The van der Waals surface area contributed by atoms with E-state index in [0.717, 1.165) is 25.4 Å². The fourth-order valence-electron chi connectivity index (χ4n) is 3.39. The molecule has 0 amide bonds. The van der Waals surface area contributed by atoms with Crippen LogP contribution in [-0.4, -0.2) is 30.7 Å². The number of rotatable bonds is 8. The molecule has 3 heteroatoms. The largest absolute Gasteiger partial charge is 0.370 e. The standard InChI is InChI=1S/C15H28ClNO/c16-11-5-1-2-6-12-17-13-14-7-10-15(18-14)8-3-4-9-15/h14,17H,1-13H2. The predicted octanol–water partition coefficient (Wildman–Crippen LogP) is 3.87. The van der Waals surface area contributed by atoms with Gasteiger partial charge in [-0.3, -0.25) is 0 Å². The van der Waals surface area contributed by atoms with Crippen LogP contribution in [0.25, 0.3) is 0 Å². The van der Waals surface area contributed by atoms with Crippen molar-refractivity contribution in [1.82, 2.24) is 5.32 Å². The van der Waals surface area contributed by atoms with Crippen LogP contribution in [0.1, 0.15) is 64.2 Å². The molecule has 106 valence electrons. The highest BCUT2D eigenvalue weighted by Gasteiger charge is 2.41. The van der Waals surface area contributed by atoms with Crippen LogP contribution in [0.3, 0.4) is 0 Å². The monoisotopic (exact) mass is 273 g/mol. The maximum absolute atomic E-state index is 6.28. The molecule has 0 bridgehead atoms. The first-order valence-electron chi connectivity index (χ1n) is 7.79. The summed E-state index contributed by atoms with van der Waals surface area (Å²) in [6, 6.07) is 0. The number of halogens is 1. The normalized spacial score (nSPS) is 26.2. The van der Waals surface area contributed by atoms with E-state index >= 15 is 0 Å². The lowest BCUT2D eigenvalue weighted by atomic mass is 9.98. The smallest absolute Gasteiger partial charge is 0.0708 e. The van der Waals surface area contributed by atoms with Crippen LogP contribution < -0.4 is 5.32 Å². The Morgan fingerprint density at radius 3 is 2.61 bits per heavy atom. The van der Waals surface area contributed by atoms with Crippen molar-refractivity contribution in [2.24, 2.45) is 0 Å². The molecule has 1 unspecified atom stereocenters. The molecule has 1 N–H and O–H groups in total. The average molecular weight is 274 g/mol. The topological polar surface area (TPSA) is 21.3 Å². The fraction of sp³-hybridized carbons (Fsp3) is 1.00. The first-order chi connectivity index (χ1) is 8.85. The van der Waals surface area contributed by atoms with Crippen molar-refractivity contribution in [3.63, 3.8) is 0 Å². The third-order valence-corrected chi connectivity index (χ3v) is 4.73. The Morgan fingerprint density at radius 1 is 1.06 bits per heavy atom. The fourth-order valence-corrected chi connectivity index (χ4v) is 3.58. The maximum Gasteiger partial charge on any atom is 0.0708 e. The van der Waals surface area contributed by atoms with Gasteiger partial charge in [-0.2, -0.15) is 0 Å². The zero-order chi connectivity index (χ0) is 12.7. The lowest BCUT2D eigenvalue weighted by Gasteiger charge is -2.23. The van der Waals surface area contributed by atoms with Gasteiger partial charge >= 0.3 is 0 Å². The molecule has 1 spiro atoms. The van der Waals surface area contributed by atoms with E-state index in [1.54, 1.807) is 0 Å². The minimum atomic E-state index is 0.298. The van der Waals surface area contributed by atoms with Gasteiger partial charge in [0.05, 0.1) is 11.7 Å². The molecule has 1 saturated carbocycles. The summed E-state index contributed by atoms with van der Waals surface area (Å²) in [4.78, 5) is 0. The molecule has 2 fully saturated rings. The second-order valence-corrected chi connectivity index (χ2v) is 6.35. The van der Waals surface area contributed by atoms with E-state index in [1.807, 2.05) is 0 Å². The van der Waals surface area contributed by atoms with Gasteiger partial charge in [0.2, 0.25) is 0 Å². The van der Waals surface area contributed by atoms with Crippen LogP contribution in [0.5, 0.6) is 0 Å². The van der Waals surface area contributed by atoms with Gasteiger partial charge in [0.25, 0.3) is 0 Å². The van der Waals surface area contributed by atoms with E-state index < -0.39 is 0 Å². The second-order valence-electron chi connectivity index (χ2n) is 5.98. The predicted molar refractivity (Wildman–Crippen MR) is 77.4 cm³/mol. The summed E-state index contributed by atoms with van der Waals surface area (Å²) in [7, 11) is 0. The Morgan fingerprint density at radius 2 is 1.83 bits per heavy atom. The van der Waals surface area contributed by atoms with Gasteiger partial charge in [0.15, 0.2) is 0 Å². The molecule has 1 atom stereocenters. The average Bonchev–Trinajstić information content (AvgIpc) is 3.00. The molecular weight excluding hydrogens is 246 g/mol. The zero-order valence-electron chi connectivity index (χ0n) is 11.6. The van der Waals surface area contributed by atoms with E-state index in [0.29, 0.717) is 11.7 Å². The Hall–Kier alpha value is 0.210. The molecule has 2 nitrogen and oxygen atoms in total. The number of nitrogens with one attached hydrogen (secondary N) is 1. The van der Waals surface area contributed by atoms with Gasteiger partial charge in [-0.15, -0.1) is 11.6 Å². The highest BCUT2D eigenvalue weighted by Crippen LogP contribution is 2.43. The van der Waals surface area contributed by atoms with Crippen LogP contribution >= 0.6 is 11.6 Å². The molecule has 0 aromatic carbocycles. The summed E-state index contributed by atoms with van der Waals surface area (Å²) in [5.41, 5.74) is 0.298. The number of hydrogen-bond acceptors (Lipinski definition) is 2. The Bertz CT molecular complexity index is 229. The van der Waals surface area contributed by atoms with Gasteiger partial charge in [-0.05, 0) is 45.1 Å². The van der Waals surface area contributed by atoms with Crippen LogP contribution in [-0.2, 0) is 4.74 Å². The highest BCUT2D eigenvalue weighted by molar-refractivity contribution is 6.17. The summed E-state index contributed by atoms with van der Waals surface area (Å²) in [6.45, 7) is 2.19. The molecule has 2 aliphatic rings. The van der Waals surface area contributed by atoms with E-state index in [2.05, 4.69) is 5.32 Å². The van der Waals surface area contributed by atoms with Crippen LogP contribution in [0.15, 0.2) is 0 Å². The number of hydrogen-bond donors (Lipinski definition) is 1. The van der Waals surface area contributed by atoms with Gasteiger partial charge in [0, 0.05) is 12.4 Å². The number of unbranched alkanes of at least 4 members (excludes halogenated alkanes) is 3. The Labute approximate surface area is 117 Å². The van der Waals surface area contributed by atoms with E-state index in [-0.39, 0.29) is 0 Å². The second kappa shape index (κ2) is 7.72. The first-order valence-corrected chi connectivity index (χ1v) is 8.33. The minimum Gasteiger partial charge on any atom is -0.370 e. The SMILES string of the molecule is ClCCCCCCNCC1CCC2(CCCC2)O1. The van der Waals surface area contributed by atoms with Crippen molar-refractivity contribution in [3.05, 3.63) is 0 Å². The molecule has 0 radical (unpaired) electrons. The molecule has 1 saturated heterocycles. The van der Waals surface area contributed by atoms with Crippen LogP contribution in [0, 0.1) is 0 Å². The van der Waals surface area contributed by atoms with Crippen molar-refractivity contribution in [2.75, 3.05) is 19.0 Å². The lowest BCUT2D eigenvalue weighted by molar-refractivity contribution is -0.0350. The lowest BCUT2D eigenvalue weighted by Crippen LogP contribution is -2.31. The molecule has 1 aliphatic heterocycles. The van der Waals surface area contributed by atoms with Crippen molar-refractivity contribution in [3.8, 4) is 0 Å². The highest BCUT2D eigenvalue weighted by atomic mass is 35.5. The zero-order valence-corrected chi connectivity index (χ0v) is 12.3. The van der Waals surface area contributed by atoms with Gasteiger partial charge in [-0.25, -0.2) is 0 Å². The quantitative estimate of drug-likeness (QED) is 0.535. The Balaban J connectivity index is 1.48. The van der Waals surface area contributed by atoms with Crippen LogP contribution in [0.2, 0.25) is 0 Å². The summed E-state index contributed by atoms with van der Waals surface area (Å²) < 4.78 is 6.28. The molecule has 0 aromatic heterocycles. The number of alkyl halides is 1. The van der Waals surface area contributed by atoms with Gasteiger partial charge in [0.1, 0.15) is 0 Å². The van der Waals surface area contributed by atoms with Crippen molar-refractivity contribution >= 4 is 11.6 Å². The summed E-state index contributed by atoms with van der Waals surface area (Å²) in [5, 5.41) is 3.55. The number of ether oxygens (including phenoxy) is 1. The molecule has 1 heterocycles. The van der Waals surface area contributed by atoms with E-state index in [9.17, 15) is 0 Å². The van der Waals surface area contributed by atoms with E-state index in [1.165, 1.54) is 57.8 Å². The third-order valence-electron chi connectivity index (χ3n) is 4.46. The van der Waals surface area contributed by atoms with Gasteiger partial charge < -0.3 is 10.1 Å². The molecule has 18 heavy (non-hydrogen) atoms. The first kappa shape index (κ1) is 14.6. The minimum absolute atomic E-state index is 0.298. The van der Waals surface area contributed by atoms with Crippen molar-refractivity contribution in [1.29, 1.82) is 0 Å². The molecule has 1 aliphatic carbocycles. The Kier molecular flexibility index (Phi) is 6.26. The van der Waals surface area contributed by atoms with E-state index in [4.69, 9.17) is 16.3 Å². The maximum atomic E-state index is 6.28.